The van der Waals surface area contributed by atoms with Crippen molar-refractivity contribution >= 4 is 21.8 Å². The quantitative estimate of drug-likeness (QED) is 0.121. The van der Waals surface area contributed by atoms with Gasteiger partial charge in [-0.3, -0.25) is 4.68 Å². The second-order valence-corrected chi connectivity index (χ2v) is 13.7. The molecule has 0 aliphatic carbocycles. The first kappa shape index (κ1) is 34.4. The van der Waals surface area contributed by atoms with Gasteiger partial charge in [0, 0.05) is 34.5 Å². The van der Waals surface area contributed by atoms with Gasteiger partial charge in [0.05, 0.1) is 5.69 Å². The first-order valence-electron chi connectivity index (χ1n) is 16.8. The van der Waals surface area contributed by atoms with Crippen LogP contribution in [0.25, 0.3) is 44.4 Å². The van der Waals surface area contributed by atoms with Crippen molar-refractivity contribution in [2.75, 3.05) is 0 Å². The molecule has 3 aromatic heterocycles. The maximum Gasteiger partial charge on any atom is 2.00 e. The Morgan fingerprint density at radius 3 is 2.12 bits per heavy atom. The van der Waals surface area contributed by atoms with Gasteiger partial charge in [0.25, 0.3) is 0 Å². The number of aromatic nitrogens is 4. The van der Waals surface area contributed by atoms with E-state index in [9.17, 15) is 0 Å². The van der Waals surface area contributed by atoms with Crippen LogP contribution >= 0.6 is 0 Å². The van der Waals surface area contributed by atoms with Gasteiger partial charge < -0.3 is 9.30 Å². The predicted molar refractivity (Wildman–Crippen MR) is 197 cm³/mol. The second kappa shape index (κ2) is 13.4. The molecule has 0 aliphatic rings. The fourth-order valence-electron chi connectivity index (χ4n) is 7.07. The fraction of sp³-hybridized carbons (Fsp3) is 0.256. The molecular formula is C43H42N4OPd. The van der Waals surface area contributed by atoms with Gasteiger partial charge in [-0.25, -0.2) is 4.98 Å². The Kier molecular flexibility index (Phi) is 9.42. The van der Waals surface area contributed by atoms with E-state index in [1.807, 2.05) is 16.9 Å². The predicted octanol–water partition coefficient (Wildman–Crippen LogP) is 11.2. The topological polar surface area (TPSA) is 44.9 Å². The zero-order valence-electron chi connectivity index (χ0n) is 29.7. The van der Waals surface area contributed by atoms with Crippen molar-refractivity contribution in [1.29, 1.82) is 0 Å². The minimum Gasteiger partial charge on any atom is -0.509 e. The Labute approximate surface area is 303 Å². The fourth-order valence-corrected chi connectivity index (χ4v) is 7.07. The number of nitrogens with zero attached hydrogens (tertiary/aromatic N) is 4. The van der Waals surface area contributed by atoms with E-state index in [0.717, 1.165) is 50.3 Å². The van der Waals surface area contributed by atoms with E-state index in [-0.39, 0.29) is 26.3 Å². The van der Waals surface area contributed by atoms with Crippen LogP contribution in [0.1, 0.15) is 78.7 Å². The summed E-state index contributed by atoms with van der Waals surface area (Å²) < 4.78 is 10.8. The van der Waals surface area contributed by atoms with Gasteiger partial charge in [0.15, 0.2) is 0 Å². The first-order valence-corrected chi connectivity index (χ1v) is 16.8. The van der Waals surface area contributed by atoms with Crippen molar-refractivity contribution in [3.8, 4) is 34.1 Å². The molecule has 4 aromatic carbocycles. The Bertz CT molecular complexity index is 2320. The zero-order valence-corrected chi connectivity index (χ0v) is 31.2. The number of fused-ring (bicyclic) bond motifs is 3. The summed E-state index contributed by atoms with van der Waals surface area (Å²) in [6.45, 7) is 19.6. The van der Waals surface area contributed by atoms with Gasteiger partial charge in [-0.05, 0) is 98.0 Å². The third-order valence-corrected chi connectivity index (χ3v) is 9.41. The summed E-state index contributed by atoms with van der Waals surface area (Å²) in [5.74, 6) is 2.80. The molecule has 7 aromatic rings. The van der Waals surface area contributed by atoms with E-state index in [0.29, 0.717) is 17.4 Å². The number of aryl methyl sites for hydroxylation is 4. The number of rotatable bonds is 7. The van der Waals surface area contributed by atoms with Crippen molar-refractivity contribution in [1.82, 2.24) is 19.3 Å². The summed E-state index contributed by atoms with van der Waals surface area (Å²) in [7, 11) is 0. The molecule has 0 fully saturated rings. The van der Waals surface area contributed by atoms with Crippen LogP contribution < -0.4 is 4.74 Å². The molecular weight excluding hydrogens is 695 g/mol. The smallest absolute Gasteiger partial charge is 0.509 e. The van der Waals surface area contributed by atoms with Gasteiger partial charge in [-0.2, -0.15) is 11.2 Å². The number of hydrogen-bond donors (Lipinski definition) is 0. The van der Waals surface area contributed by atoms with Crippen molar-refractivity contribution < 1.29 is 25.2 Å². The van der Waals surface area contributed by atoms with Gasteiger partial charge in [-0.15, -0.1) is 41.3 Å². The maximum absolute atomic E-state index is 6.62. The molecule has 5 nitrogen and oxygen atoms in total. The van der Waals surface area contributed by atoms with Gasteiger partial charge in [0.1, 0.15) is 5.82 Å². The number of ether oxygens (including phenoxy) is 1. The minimum atomic E-state index is 0. The molecule has 0 aliphatic heterocycles. The molecule has 0 atom stereocenters. The molecule has 250 valence electrons. The zero-order chi connectivity index (χ0) is 33.9. The molecule has 0 radical (unpaired) electrons. The summed E-state index contributed by atoms with van der Waals surface area (Å²) in [6.07, 6.45) is 1.89. The van der Waals surface area contributed by atoms with E-state index in [4.69, 9.17) is 14.8 Å². The molecule has 3 heterocycles. The van der Waals surface area contributed by atoms with Crippen LogP contribution in [0.4, 0.5) is 0 Å². The van der Waals surface area contributed by atoms with E-state index >= 15 is 0 Å². The molecule has 7 rings (SSSR count). The van der Waals surface area contributed by atoms with Crippen LogP contribution in [0.2, 0.25) is 0 Å². The minimum absolute atomic E-state index is 0. The third kappa shape index (κ3) is 6.25. The van der Waals surface area contributed by atoms with Gasteiger partial charge in [0.2, 0.25) is 0 Å². The van der Waals surface area contributed by atoms with E-state index < -0.39 is 0 Å². The largest absolute Gasteiger partial charge is 2.00 e. The molecule has 6 heteroatoms. The summed E-state index contributed by atoms with van der Waals surface area (Å²) in [4.78, 5) is 4.79. The van der Waals surface area contributed by atoms with Crippen LogP contribution in [0, 0.1) is 46.8 Å². The van der Waals surface area contributed by atoms with Gasteiger partial charge >= 0.3 is 20.4 Å². The number of pyridine rings is 1. The first-order chi connectivity index (χ1) is 23.0. The Morgan fingerprint density at radius 1 is 0.694 bits per heavy atom. The SMILES string of the molecule is Cc1cc(C)c(-c2c(C)nn(-c3[c-]c(Oc4[c-]c5c(cc4)c4ccccc4n5-c4cc(C(C)C)ccn4)cc(C(C)C)c3)c2C)c(C)c1.[Pd+2]. The molecule has 0 amide bonds. The Balaban J connectivity index is 0.00000417. The second-order valence-electron chi connectivity index (χ2n) is 13.7. The van der Waals surface area contributed by atoms with Crippen LogP contribution in [0.15, 0.2) is 79.0 Å². The van der Waals surface area contributed by atoms with Crippen LogP contribution in [0.3, 0.4) is 0 Å². The Hall–Kier alpha value is -4.50. The molecule has 49 heavy (non-hydrogen) atoms. The van der Waals surface area contributed by atoms with Crippen molar-refractivity contribution in [3.05, 3.63) is 130 Å². The molecule has 0 saturated heterocycles. The summed E-state index contributed by atoms with van der Waals surface area (Å²) in [5.41, 5.74) is 13.6. The molecule has 0 bridgehead atoms. The number of hydrogen-bond acceptors (Lipinski definition) is 3. The van der Waals surface area contributed by atoms with Crippen molar-refractivity contribution in [3.63, 3.8) is 0 Å². The third-order valence-electron chi connectivity index (χ3n) is 9.41. The monoisotopic (exact) mass is 736 g/mol. The number of benzene rings is 4. The van der Waals surface area contributed by atoms with Crippen LogP contribution in [-0.4, -0.2) is 19.3 Å². The average molecular weight is 737 g/mol. The van der Waals surface area contributed by atoms with E-state index in [1.165, 1.54) is 33.4 Å². The molecule has 0 unspecified atom stereocenters. The van der Waals surface area contributed by atoms with Crippen LogP contribution in [0.5, 0.6) is 11.5 Å². The van der Waals surface area contributed by atoms with Crippen molar-refractivity contribution in [2.24, 2.45) is 0 Å². The molecule has 0 N–H and O–H groups in total. The Morgan fingerprint density at radius 2 is 1.41 bits per heavy atom. The summed E-state index contributed by atoms with van der Waals surface area (Å²) in [6, 6.07) is 32.7. The van der Waals surface area contributed by atoms with Crippen molar-refractivity contribution in [2.45, 2.75) is 74.1 Å². The molecule has 0 spiro atoms. The van der Waals surface area contributed by atoms with E-state index in [2.05, 4.69) is 146 Å². The maximum atomic E-state index is 6.62. The standard InChI is InChI=1S/C43H42N4O.Pd/c1-25(2)32-16-17-44-41(22-32)46-39-13-11-10-12-37(39)38-15-14-35(24-40(38)46)48-36-21-33(26(3)4)20-34(23-36)47-31(9)43(30(8)45-47)42-28(6)18-27(5)19-29(42)7;/h10-22,25-26H,1-9H3;/q-2;+2. The van der Waals surface area contributed by atoms with Crippen LogP contribution in [-0.2, 0) is 20.4 Å². The summed E-state index contributed by atoms with van der Waals surface area (Å²) >= 11 is 0. The summed E-state index contributed by atoms with van der Waals surface area (Å²) in [5, 5.41) is 7.31. The van der Waals surface area contributed by atoms with E-state index in [1.54, 1.807) is 0 Å². The molecule has 0 saturated carbocycles. The average Bonchev–Trinajstić information content (AvgIpc) is 3.53. The number of para-hydroxylation sites is 1. The normalized spacial score (nSPS) is 11.6. The van der Waals surface area contributed by atoms with Gasteiger partial charge in [-0.1, -0.05) is 69.1 Å².